The molecule has 3 rings (SSSR count). The number of hydrogen-bond donors (Lipinski definition) is 2. The number of hydrogen-bond acceptors (Lipinski definition) is 2. The lowest BCUT2D eigenvalue weighted by molar-refractivity contribution is 0.414. The molecule has 2 N–H and O–H groups in total. The molecule has 1 atom stereocenters. The second kappa shape index (κ2) is 5.61. The van der Waals surface area contributed by atoms with Crippen LogP contribution in [-0.4, -0.2) is 16.3 Å². The van der Waals surface area contributed by atoms with Crippen molar-refractivity contribution < 1.29 is 8.95 Å². The number of fused-ring (bicyclic) bond motifs is 1. The number of anilines is 1. The smallest absolute Gasteiger partial charge is 0.150 e. The Morgan fingerprint density at radius 1 is 1.14 bits per heavy atom. The van der Waals surface area contributed by atoms with Crippen LogP contribution < -0.4 is 9.46 Å². The standard InChI is InChI=1S/C16H16N2O2S/c1-11-10-14-15(17-11)4-3-5-16(14)18-21(19)13-8-6-12(20-2)7-9-13/h3-10,17-18H,1-2H3. The van der Waals surface area contributed by atoms with E-state index in [0.717, 1.165) is 28.0 Å². The molecule has 4 nitrogen and oxygen atoms in total. The fraction of sp³-hybridized carbons (Fsp3) is 0.125. The van der Waals surface area contributed by atoms with E-state index in [1.807, 2.05) is 31.2 Å². The summed E-state index contributed by atoms with van der Waals surface area (Å²) in [7, 11) is 0.299. The first-order valence-electron chi connectivity index (χ1n) is 6.58. The predicted molar refractivity (Wildman–Crippen MR) is 86.1 cm³/mol. The van der Waals surface area contributed by atoms with Gasteiger partial charge in [-0.3, -0.25) is 0 Å². The van der Waals surface area contributed by atoms with E-state index in [4.69, 9.17) is 4.74 Å². The molecule has 0 spiro atoms. The number of nitrogens with one attached hydrogen (secondary N) is 2. The van der Waals surface area contributed by atoms with Gasteiger partial charge in [0, 0.05) is 16.6 Å². The Labute approximate surface area is 125 Å². The molecular weight excluding hydrogens is 284 g/mol. The maximum Gasteiger partial charge on any atom is 0.150 e. The van der Waals surface area contributed by atoms with Crippen molar-refractivity contribution in [1.82, 2.24) is 4.98 Å². The van der Waals surface area contributed by atoms with Crippen LogP contribution in [0.5, 0.6) is 5.75 Å². The van der Waals surface area contributed by atoms with Gasteiger partial charge in [0.15, 0.2) is 0 Å². The van der Waals surface area contributed by atoms with Crippen LogP contribution in [0, 0.1) is 6.92 Å². The van der Waals surface area contributed by atoms with Crippen LogP contribution in [0.4, 0.5) is 5.69 Å². The van der Waals surface area contributed by atoms with Crippen molar-refractivity contribution >= 4 is 27.6 Å². The van der Waals surface area contributed by atoms with E-state index in [1.54, 1.807) is 31.4 Å². The third-order valence-electron chi connectivity index (χ3n) is 3.27. The van der Waals surface area contributed by atoms with Gasteiger partial charge in [0.05, 0.1) is 17.7 Å². The SMILES string of the molecule is COc1ccc(S(=O)Nc2cccc3[nH]c(C)cc23)cc1. The molecule has 2 aromatic carbocycles. The number of ether oxygens (including phenoxy) is 1. The summed E-state index contributed by atoms with van der Waals surface area (Å²) in [5, 5.41) is 1.04. The summed E-state index contributed by atoms with van der Waals surface area (Å²) >= 11 is 0. The van der Waals surface area contributed by atoms with Crippen molar-refractivity contribution in [3.05, 3.63) is 54.2 Å². The lowest BCUT2D eigenvalue weighted by atomic mass is 10.2. The number of aromatic amines is 1. The molecule has 0 aliphatic rings. The highest BCUT2D eigenvalue weighted by Crippen LogP contribution is 2.25. The molecule has 1 aromatic heterocycles. The van der Waals surface area contributed by atoms with Crippen LogP contribution in [0.25, 0.3) is 10.9 Å². The van der Waals surface area contributed by atoms with E-state index >= 15 is 0 Å². The Balaban J connectivity index is 1.88. The van der Waals surface area contributed by atoms with Crippen LogP contribution >= 0.6 is 0 Å². The molecule has 3 aromatic rings. The molecular formula is C16H16N2O2S. The lowest BCUT2D eigenvalue weighted by Crippen LogP contribution is -2.04. The molecule has 108 valence electrons. The molecule has 5 heteroatoms. The van der Waals surface area contributed by atoms with Gasteiger partial charge in [-0.05, 0) is 49.4 Å². The molecule has 0 aliphatic heterocycles. The quantitative estimate of drug-likeness (QED) is 0.773. The van der Waals surface area contributed by atoms with Crippen LogP contribution in [0.2, 0.25) is 0 Å². The molecule has 0 amide bonds. The van der Waals surface area contributed by atoms with Crippen molar-refractivity contribution in [1.29, 1.82) is 0 Å². The average molecular weight is 300 g/mol. The lowest BCUT2D eigenvalue weighted by Gasteiger charge is -2.08. The Hall–Kier alpha value is -2.27. The van der Waals surface area contributed by atoms with Crippen molar-refractivity contribution in [2.75, 3.05) is 11.8 Å². The second-order valence-electron chi connectivity index (χ2n) is 4.77. The molecule has 0 radical (unpaired) electrons. The van der Waals surface area contributed by atoms with Crippen molar-refractivity contribution in [3.63, 3.8) is 0 Å². The highest BCUT2D eigenvalue weighted by Gasteiger charge is 2.08. The minimum absolute atomic E-state index is 0.708. The van der Waals surface area contributed by atoms with Gasteiger partial charge >= 0.3 is 0 Å². The maximum absolute atomic E-state index is 12.4. The van der Waals surface area contributed by atoms with Crippen LogP contribution in [0.1, 0.15) is 5.69 Å². The highest BCUT2D eigenvalue weighted by atomic mass is 32.2. The molecule has 0 saturated heterocycles. The average Bonchev–Trinajstić information content (AvgIpc) is 2.88. The molecule has 0 aliphatic carbocycles. The minimum atomic E-state index is -1.31. The van der Waals surface area contributed by atoms with Gasteiger partial charge in [0.1, 0.15) is 16.7 Å². The van der Waals surface area contributed by atoms with Gasteiger partial charge in [0.25, 0.3) is 0 Å². The van der Waals surface area contributed by atoms with E-state index in [2.05, 4.69) is 9.71 Å². The fourth-order valence-electron chi connectivity index (χ4n) is 2.24. The number of benzene rings is 2. The number of aryl methyl sites for hydroxylation is 1. The van der Waals surface area contributed by atoms with Gasteiger partial charge in [-0.25, -0.2) is 4.21 Å². The van der Waals surface area contributed by atoms with E-state index in [-0.39, 0.29) is 0 Å². The van der Waals surface area contributed by atoms with Crippen molar-refractivity contribution in [2.24, 2.45) is 0 Å². The largest absolute Gasteiger partial charge is 0.497 e. The van der Waals surface area contributed by atoms with Gasteiger partial charge in [0.2, 0.25) is 0 Å². The normalized spacial score (nSPS) is 12.3. The molecule has 21 heavy (non-hydrogen) atoms. The zero-order chi connectivity index (χ0) is 14.8. The topological polar surface area (TPSA) is 54.1 Å². The first-order chi connectivity index (χ1) is 10.2. The van der Waals surface area contributed by atoms with Gasteiger partial charge in [-0.15, -0.1) is 0 Å². The van der Waals surface area contributed by atoms with Crippen molar-refractivity contribution in [3.8, 4) is 5.75 Å². The summed E-state index contributed by atoms with van der Waals surface area (Å²) in [4.78, 5) is 3.98. The highest BCUT2D eigenvalue weighted by molar-refractivity contribution is 7.86. The third kappa shape index (κ3) is 2.78. The van der Waals surface area contributed by atoms with Gasteiger partial charge in [-0.1, -0.05) is 6.07 Å². The first-order valence-corrected chi connectivity index (χ1v) is 7.73. The molecule has 0 bridgehead atoms. The Morgan fingerprint density at radius 3 is 2.62 bits per heavy atom. The summed E-state index contributed by atoms with van der Waals surface area (Å²) < 4.78 is 20.6. The number of methoxy groups -OCH3 is 1. The number of aromatic nitrogens is 1. The van der Waals surface area contributed by atoms with Gasteiger partial charge < -0.3 is 14.4 Å². The molecule has 0 saturated carbocycles. The van der Waals surface area contributed by atoms with E-state index in [1.165, 1.54) is 0 Å². The second-order valence-corrected chi connectivity index (χ2v) is 5.98. The van der Waals surface area contributed by atoms with Crippen LogP contribution in [0.15, 0.2) is 53.4 Å². The zero-order valence-electron chi connectivity index (χ0n) is 11.8. The van der Waals surface area contributed by atoms with E-state index in [0.29, 0.717) is 4.90 Å². The number of rotatable bonds is 4. The molecule has 1 unspecified atom stereocenters. The molecule has 0 fully saturated rings. The van der Waals surface area contributed by atoms with Crippen LogP contribution in [0.3, 0.4) is 0 Å². The summed E-state index contributed by atoms with van der Waals surface area (Å²) in [5.41, 5.74) is 2.96. The zero-order valence-corrected chi connectivity index (χ0v) is 12.7. The summed E-state index contributed by atoms with van der Waals surface area (Å²) in [6, 6.07) is 15.1. The van der Waals surface area contributed by atoms with Crippen molar-refractivity contribution in [2.45, 2.75) is 11.8 Å². The van der Waals surface area contributed by atoms with E-state index < -0.39 is 11.0 Å². The Bertz CT molecular complexity index is 794. The fourth-order valence-corrected chi connectivity index (χ4v) is 3.12. The minimum Gasteiger partial charge on any atom is -0.497 e. The summed E-state index contributed by atoms with van der Waals surface area (Å²) in [6.45, 7) is 2.00. The van der Waals surface area contributed by atoms with E-state index in [9.17, 15) is 4.21 Å². The monoisotopic (exact) mass is 300 g/mol. The Morgan fingerprint density at radius 2 is 1.90 bits per heavy atom. The predicted octanol–water partition coefficient (Wildman–Crippen LogP) is 3.62. The van der Waals surface area contributed by atoms with Crippen LogP contribution in [-0.2, 0) is 11.0 Å². The first kappa shape index (κ1) is 13.7. The summed E-state index contributed by atoms with van der Waals surface area (Å²) in [5.74, 6) is 0.749. The number of H-pyrrole nitrogens is 1. The maximum atomic E-state index is 12.4. The van der Waals surface area contributed by atoms with Gasteiger partial charge in [-0.2, -0.15) is 0 Å². The third-order valence-corrected chi connectivity index (χ3v) is 4.38. The summed E-state index contributed by atoms with van der Waals surface area (Å²) in [6.07, 6.45) is 0. The Kier molecular flexibility index (Phi) is 3.66. The molecule has 1 heterocycles.